The van der Waals surface area contributed by atoms with Crippen LogP contribution in [0.1, 0.15) is 6.92 Å². The Bertz CT molecular complexity index is 62.5. The first kappa shape index (κ1) is 15.8. The Morgan fingerprint density at radius 3 is 2.00 bits per heavy atom. The number of hydrogen-bond donors (Lipinski definition) is 1. The molecule has 0 unspecified atom stereocenters. The lowest BCUT2D eigenvalue weighted by Crippen LogP contribution is -2.11. The van der Waals surface area contributed by atoms with Crippen molar-refractivity contribution in [3.63, 3.8) is 0 Å². The second kappa shape index (κ2) is 15.7. The predicted molar refractivity (Wildman–Crippen MR) is 34.0 cm³/mol. The molecule has 0 aliphatic heterocycles. The number of alkyl halides is 1. The third kappa shape index (κ3) is 37.3. The molecule has 0 fully saturated rings. The summed E-state index contributed by atoms with van der Waals surface area (Å²) in [6.45, 7) is 2.06. The van der Waals surface area contributed by atoms with E-state index in [1.54, 1.807) is 6.92 Å². The lowest BCUT2D eigenvalue weighted by molar-refractivity contribution is 0.163. The fourth-order valence-corrected chi connectivity index (χ4v) is 0.142. The summed E-state index contributed by atoms with van der Waals surface area (Å²) in [7, 11) is 0.500. The first-order valence-electron chi connectivity index (χ1n) is 2.07. The van der Waals surface area contributed by atoms with Gasteiger partial charge in [0, 0.05) is 11.0 Å². The van der Waals surface area contributed by atoms with Gasteiger partial charge in [-0.15, -0.1) is 0 Å². The van der Waals surface area contributed by atoms with Gasteiger partial charge in [-0.1, -0.05) is 0 Å². The standard InChI is InChI=1S/C3H7NO2.CH3F.Si/c1-2-6-3(4)5;1-2;/h2H2,1H3,(H2,4,5);1H3;. The second-order valence-corrected chi connectivity index (χ2v) is 0.752. The maximum Gasteiger partial charge on any atom is 0.404 e. The summed E-state index contributed by atoms with van der Waals surface area (Å²) in [6, 6.07) is 0. The van der Waals surface area contributed by atoms with Crippen molar-refractivity contribution in [2.24, 2.45) is 5.73 Å². The molecule has 0 aliphatic rings. The highest BCUT2D eigenvalue weighted by Gasteiger charge is 1.82. The molecule has 0 saturated heterocycles. The van der Waals surface area contributed by atoms with E-state index in [-0.39, 0.29) is 11.0 Å². The summed E-state index contributed by atoms with van der Waals surface area (Å²) in [6.07, 6.45) is -0.711. The van der Waals surface area contributed by atoms with Crippen LogP contribution >= 0.6 is 0 Å². The van der Waals surface area contributed by atoms with Gasteiger partial charge < -0.3 is 10.5 Å². The van der Waals surface area contributed by atoms with Gasteiger partial charge in [-0.25, -0.2) is 4.79 Å². The maximum absolute atomic E-state index is 9.60. The second-order valence-electron chi connectivity index (χ2n) is 0.752. The summed E-state index contributed by atoms with van der Waals surface area (Å²) in [5.74, 6) is 0. The molecule has 0 heterocycles. The normalized spacial score (nSPS) is 5.67. The van der Waals surface area contributed by atoms with E-state index in [9.17, 15) is 9.18 Å². The number of primary amides is 1. The van der Waals surface area contributed by atoms with Gasteiger partial charge in [0.25, 0.3) is 0 Å². The van der Waals surface area contributed by atoms with E-state index >= 15 is 0 Å². The van der Waals surface area contributed by atoms with E-state index in [4.69, 9.17) is 0 Å². The molecule has 0 aromatic carbocycles. The van der Waals surface area contributed by atoms with E-state index in [2.05, 4.69) is 10.5 Å². The number of rotatable bonds is 1. The van der Waals surface area contributed by atoms with Crippen LogP contribution in [0, 0.1) is 0 Å². The summed E-state index contributed by atoms with van der Waals surface area (Å²) in [5, 5.41) is 0. The van der Waals surface area contributed by atoms with Crippen molar-refractivity contribution in [2.75, 3.05) is 13.8 Å². The Balaban J connectivity index is -0.000000109. The summed E-state index contributed by atoms with van der Waals surface area (Å²) >= 11 is 0. The van der Waals surface area contributed by atoms with Crippen molar-refractivity contribution in [3.8, 4) is 0 Å². The van der Waals surface area contributed by atoms with Crippen LogP contribution in [0.15, 0.2) is 0 Å². The molecule has 0 aromatic rings. The molecule has 9 heavy (non-hydrogen) atoms. The number of carbonyl (C=O) groups excluding carboxylic acids is 1. The van der Waals surface area contributed by atoms with Crippen LogP contribution in [0.5, 0.6) is 0 Å². The van der Waals surface area contributed by atoms with Crippen molar-refractivity contribution in [1.29, 1.82) is 0 Å². The fraction of sp³-hybridized carbons (Fsp3) is 0.750. The van der Waals surface area contributed by atoms with Crippen LogP contribution in [0.25, 0.3) is 0 Å². The monoisotopic (exact) mass is 151 g/mol. The van der Waals surface area contributed by atoms with E-state index in [0.717, 1.165) is 0 Å². The van der Waals surface area contributed by atoms with Crippen molar-refractivity contribution in [1.82, 2.24) is 0 Å². The third-order valence-corrected chi connectivity index (χ3v) is 0.287. The van der Waals surface area contributed by atoms with Crippen molar-refractivity contribution >= 4 is 17.1 Å². The zero-order valence-corrected chi connectivity index (χ0v) is 6.48. The Hall–Kier alpha value is -0.583. The van der Waals surface area contributed by atoms with Gasteiger partial charge >= 0.3 is 6.09 Å². The molecule has 5 heteroatoms. The molecule has 4 radical (unpaired) electrons. The van der Waals surface area contributed by atoms with Gasteiger partial charge in [-0.2, -0.15) is 0 Å². The van der Waals surface area contributed by atoms with Crippen molar-refractivity contribution in [2.45, 2.75) is 6.92 Å². The molecule has 0 aliphatic carbocycles. The summed E-state index contributed by atoms with van der Waals surface area (Å²) in [5.41, 5.74) is 4.54. The molecular weight excluding hydrogens is 141 g/mol. The van der Waals surface area contributed by atoms with Crippen LogP contribution < -0.4 is 5.73 Å². The average molecular weight is 151 g/mol. The number of carbonyl (C=O) groups is 1. The predicted octanol–water partition coefficient (Wildman–Crippen LogP) is 0.307. The van der Waals surface area contributed by atoms with Gasteiger partial charge in [0.05, 0.1) is 13.8 Å². The Kier molecular flexibility index (Phi) is 27.4. The van der Waals surface area contributed by atoms with E-state index in [1.807, 2.05) is 0 Å². The Morgan fingerprint density at radius 1 is 1.67 bits per heavy atom. The number of amides is 1. The van der Waals surface area contributed by atoms with Gasteiger partial charge in [0.1, 0.15) is 0 Å². The SMILES string of the molecule is CCOC(N)=O.CF.[Si]. The summed E-state index contributed by atoms with van der Waals surface area (Å²) in [4.78, 5) is 9.60. The Morgan fingerprint density at radius 2 is 2.00 bits per heavy atom. The molecule has 3 nitrogen and oxygen atoms in total. The highest BCUT2D eigenvalue weighted by molar-refractivity contribution is 5.75. The molecule has 2 N–H and O–H groups in total. The topological polar surface area (TPSA) is 52.3 Å². The number of ether oxygens (including phenoxy) is 1. The average Bonchev–Trinajstić information content (AvgIpc) is 1.72. The maximum atomic E-state index is 9.60. The third-order valence-electron chi connectivity index (χ3n) is 0.287. The van der Waals surface area contributed by atoms with Crippen LogP contribution in [0.4, 0.5) is 9.18 Å². The van der Waals surface area contributed by atoms with Gasteiger partial charge in [-0.3, -0.25) is 4.39 Å². The number of halogens is 1. The zero-order chi connectivity index (χ0) is 6.99. The minimum Gasteiger partial charge on any atom is -0.450 e. The molecular formula is C4H10FNO2Si. The van der Waals surface area contributed by atoms with E-state index in [1.165, 1.54) is 0 Å². The van der Waals surface area contributed by atoms with Crippen LogP contribution in [0.3, 0.4) is 0 Å². The highest BCUT2D eigenvalue weighted by Crippen LogP contribution is 1.66. The largest absolute Gasteiger partial charge is 0.450 e. The van der Waals surface area contributed by atoms with Gasteiger partial charge in [0.15, 0.2) is 0 Å². The minimum absolute atomic E-state index is 0. The molecule has 0 bridgehead atoms. The highest BCUT2D eigenvalue weighted by atomic mass is 28.1. The molecule has 1 amide bonds. The van der Waals surface area contributed by atoms with Gasteiger partial charge in [0.2, 0.25) is 0 Å². The van der Waals surface area contributed by atoms with Crippen LogP contribution in [-0.2, 0) is 4.74 Å². The summed E-state index contributed by atoms with van der Waals surface area (Å²) < 4.78 is 13.7. The molecule has 0 rings (SSSR count). The molecule has 54 valence electrons. The molecule has 0 spiro atoms. The smallest absolute Gasteiger partial charge is 0.404 e. The lowest BCUT2D eigenvalue weighted by atomic mass is 10.9. The molecule has 0 atom stereocenters. The minimum atomic E-state index is -0.711. The quantitative estimate of drug-likeness (QED) is 0.548. The first-order valence-corrected chi connectivity index (χ1v) is 2.07. The fourth-order valence-electron chi connectivity index (χ4n) is 0.142. The van der Waals surface area contributed by atoms with Gasteiger partial charge in [-0.05, 0) is 6.92 Å². The number of hydrogen-bond acceptors (Lipinski definition) is 2. The molecule has 0 aromatic heterocycles. The van der Waals surface area contributed by atoms with E-state index < -0.39 is 6.09 Å². The van der Waals surface area contributed by atoms with E-state index in [0.29, 0.717) is 13.8 Å². The Labute approximate surface area is 58.4 Å². The zero-order valence-electron chi connectivity index (χ0n) is 5.48. The number of nitrogens with two attached hydrogens (primary N) is 1. The van der Waals surface area contributed by atoms with Crippen molar-refractivity contribution in [3.05, 3.63) is 0 Å². The van der Waals surface area contributed by atoms with Crippen LogP contribution in [0.2, 0.25) is 0 Å². The van der Waals surface area contributed by atoms with Crippen LogP contribution in [-0.4, -0.2) is 30.8 Å². The molecule has 0 saturated carbocycles. The van der Waals surface area contributed by atoms with Crippen molar-refractivity contribution < 1.29 is 13.9 Å². The lowest BCUT2D eigenvalue weighted by Gasteiger charge is -1.89. The first-order chi connectivity index (χ1) is 3.77.